The van der Waals surface area contributed by atoms with Crippen molar-refractivity contribution in [3.63, 3.8) is 0 Å². The molecular formula is C12H21N5O3. The second-order valence-electron chi connectivity index (χ2n) is 4.65. The number of nitrogens with zero attached hydrogens (tertiary/aromatic N) is 3. The molecule has 0 spiro atoms. The van der Waals surface area contributed by atoms with Gasteiger partial charge >= 0.3 is 5.69 Å². The summed E-state index contributed by atoms with van der Waals surface area (Å²) in [4.78, 5) is 18.2. The minimum absolute atomic E-state index is 0.155. The van der Waals surface area contributed by atoms with E-state index in [1.807, 2.05) is 0 Å². The summed E-state index contributed by atoms with van der Waals surface area (Å²) in [6, 6.07) is 0. The summed E-state index contributed by atoms with van der Waals surface area (Å²) < 4.78 is 5.43. The zero-order valence-corrected chi connectivity index (χ0v) is 12.0. The average molecular weight is 283 g/mol. The lowest BCUT2D eigenvalue weighted by Crippen LogP contribution is -2.14. The third-order valence-electron chi connectivity index (χ3n) is 2.62. The molecule has 0 amide bonds. The predicted octanol–water partition coefficient (Wildman–Crippen LogP) is 1.90. The molecule has 20 heavy (non-hydrogen) atoms. The number of rotatable bonds is 9. The molecule has 0 saturated heterocycles. The smallest absolute Gasteiger partial charge is 0.353 e. The van der Waals surface area contributed by atoms with Crippen LogP contribution in [0.1, 0.15) is 20.3 Å². The molecule has 0 aliphatic heterocycles. The Morgan fingerprint density at radius 3 is 2.65 bits per heavy atom. The summed E-state index contributed by atoms with van der Waals surface area (Å²) in [5, 5.41) is 16.6. The van der Waals surface area contributed by atoms with E-state index in [0.29, 0.717) is 25.7 Å². The van der Waals surface area contributed by atoms with Crippen LogP contribution >= 0.6 is 0 Å². The number of nitrogens with one attached hydrogen (secondary N) is 2. The number of nitro groups is 1. The highest BCUT2D eigenvalue weighted by Crippen LogP contribution is 2.27. The van der Waals surface area contributed by atoms with Gasteiger partial charge in [-0.25, -0.2) is 9.97 Å². The molecule has 8 heteroatoms. The van der Waals surface area contributed by atoms with E-state index < -0.39 is 4.92 Å². The number of hydrogen-bond donors (Lipinski definition) is 2. The molecule has 0 fully saturated rings. The fourth-order valence-corrected chi connectivity index (χ4v) is 1.53. The Morgan fingerprint density at radius 1 is 1.35 bits per heavy atom. The molecule has 1 aromatic rings. The van der Waals surface area contributed by atoms with Gasteiger partial charge in [-0.05, 0) is 12.3 Å². The van der Waals surface area contributed by atoms with Crippen LogP contribution < -0.4 is 10.6 Å². The molecule has 2 N–H and O–H groups in total. The van der Waals surface area contributed by atoms with Gasteiger partial charge in [0.15, 0.2) is 0 Å². The SMILES string of the molecule is CNc1ncnc(NCCOCCC(C)C)c1[N+](=O)[O-]. The van der Waals surface area contributed by atoms with Gasteiger partial charge in [0, 0.05) is 20.2 Å². The second-order valence-corrected chi connectivity index (χ2v) is 4.65. The van der Waals surface area contributed by atoms with E-state index in [1.165, 1.54) is 6.33 Å². The highest BCUT2D eigenvalue weighted by Gasteiger charge is 2.21. The topological polar surface area (TPSA) is 102 Å². The first-order valence-corrected chi connectivity index (χ1v) is 6.55. The van der Waals surface area contributed by atoms with Crippen molar-refractivity contribution >= 4 is 17.3 Å². The lowest BCUT2D eigenvalue weighted by Gasteiger charge is -2.09. The number of hydrogen-bond acceptors (Lipinski definition) is 7. The molecule has 0 saturated carbocycles. The maximum absolute atomic E-state index is 11.0. The van der Waals surface area contributed by atoms with Crippen LogP contribution in [0.15, 0.2) is 6.33 Å². The number of ether oxygens (including phenoxy) is 1. The molecular weight excluding hydrogens is 262 g/mol. The molecule has 8 nitrogen and oxygen atoms in total. The van der Waals surface area contributed by atoms with Crippen molar-refractivity contribution in [2.45, 2.75) is 20.3 Å². The fraction of sp³-hybridized carbons (Fsp3) is 0.667. The van der Waals surface area contributed by atoms with Crippen molar-refractivity contribution in [3.05, 3.63) is 16.4 Å². The first-order chi connectivity index (χ1) is 9.56. The highest BCUT2D eigenvalue weighted by molar-refractivity contribution is 5.68. The van der Waals surface area contributed by atoms with Crippen LogP contribution in [0.2, 0.25) is 0 Å². The molecule has 1 aromatic heterocycles. The fourth-order valence-electron chi connectivity index (χ4n) is 1.53. The van der Waals surface area contributed by atoms with Crippen molar-refractivity contribution < 1.29 is 9.66 Å². The molecule has 0 unspecified atom stereocenters. The minimum atomic E-state index is -0.506. The quantitative estimate of drug-likeness (QED) is 0.405. The van der Waals surface area contributed by atoms with E-state index in [9.17, 15) is 10.1 Å². The van der Waals surface area contributed by atoms with Crippen LogP contribution in [0.5, 0.6) is 0 Å². The van der Waals surface area contributed by atoms with E-state index in [4.69, 9.17) is 4.74 Å². The first-order valence-electron chi connectivity index (χ1n) is 6.55. The first kappa shape index (κ1) is 16.1. The van der Waals surface area contributed by atoms with Gasteiger partial charge in [-0.3, -0.25) is 10.1 Å². The van der Waals surface area contributed by atoms with E-state index >= 15 is 0 Å². The Morgan fingerprint density at radius 2 is 2.05 bits per heavy atom. The predicted molar refractivity (Wildman–Crippen MR) is 77.0 cm³/mol. The third-order valence-corrected chi connectivity index (χ3v) is 2.62. The summed E-state index contributed by atoms with van der Waals surface area (Å²) in [6.45, 7) is 5.88. The molecule has 0 atom stereocenters. The van der Waals surface area contributed by atoms with Gasteiger partial charge in [-0.15, -0.1) is 0 Å². The van der Waals surface area contributed by atoms with Crippen molar-refractivity contribution in [1.29, 1.82) is 0 Å². The number of aromatic nitrogens is 2. The summed E-state index contributed by atoms with van der Waals surface area (Å²) in [6.07, 6.45) is 2.28. The van der Waals surface area contributed by atoms with E-state index in [-0.39, 0.29) is 17.3 Å². The number of anilines is 2. The van der Waals surface area contributed by atoms with E-state index in [2.05, 4.69) is 34.4 Å². The Kier molecular flexibility index (Phi) is 6.65. The van der Waals surface area contributed by atoms with Crippen molar-refractivity contribution in [3.8, 4) is 0 Å². The second kappa shape index (κ2) is 8.26. The van der Waals surface area contributed by atoms with Crippen LogP contribution in [0.4, 0.5) is 17.3 Å². The Balaban J connectivity index is 2.49. The molecule has 1 rings (SSSR count). The van der Waals surface area contributed by atoms with Crippen molar-refractivity contribution in [2.75, 3.05) is 37.4 Å². The Bertz CT molecular complexity index is 439. The summed E-state index contributed by atoms with van der Waals surface area (Å²) in [7, 11) is 1.58. The molecule has 112 valence electrons. The van der Waals surface area contributed by atoms with Crippen LogP contribution in [-0.4, -0.2) is 41.7 Å². The lowest BCUT2D eigenvalue weighted by molar-refractivity contribution is -0.383. The van der Waals surface area contributed by atoms with Gasteiger partial charge in [-0.2, -0.15) is 0 Å². The minimum Gasteiger partial charge on any atom is -0.380 e. The molecule has 0 radical (unpaired) electrons. The third kappa shape index (κ3) is 4.96. The monoisotopic (exact) mass is 283 g/mol. The van der Waals surface area contributed by atoms with Crippen LogP contribution in [0, 0.1) is 16.0 Å². The normalized spacial score (nSPS) is 10.6. The van der Waals surface area contributed by atoms with Gasteiger partial charge in [0.05, 0.1) is 11.5 Å². The average Bonchev–Trinajstić information content (AvgIpc) is 2.41. The Labute approximate surface area is 118 Å². The Hall–Kier alpha value is -1.96. The largest absolute Gasteiger partial charge is 0.380 e. The van der Waals surface area contributed by atoms with E-state index in [0.717, 1.165) is 6.42 Å². The molecule has 0 aliphatic rings. The van der Waals surface area contributed by atoms with Gasteiger partial charge in [0.25, 0.3) is 0 Å². The van der Waals surface area contributed by atoms with Crippen molar-refractivity contribution in [2.24, 2.45) is 5.92 Å². The van der Waals surface area contributed by atoms with Crippen molar-refractivity contribution in [1.82, 2.24) is 9.97 Å². The van der Waals surface area contributed by atoms with Crippen LogP contribution in [-0.2, 0) is 4.74 Å². The summed E-state index contributed by atoms with van der Waals surface area (Å²) >= 11 is 0. The summed E-state index contributed by atoms with van der Waals surface area (Å²) in [5.74, 6) is 0.985. The van der Waals surface area contributed by atoms with Gasteiger partial charge in [-0.1, -0.05) is 13.8 Å². The lowest BCUT2D eigenvalue weighted by atomic mass is 10.1. The van der Waals surface area contributed by atoms with Gasteiger partial charge < -0.3 is 15.4 Å². The maximum atomic E-state index is 11.0. The van der Waals surface area contributed by atoms with E-state index in [1.54, 1.807) is 7.05 Å². The molecule has 0 bridgehead atoms. The summed E-state index contributed by atoms with van der Waals surface area (Å²) in [5.41, 5.74) is -0.155. The maximum Gasteiger partial charge on any atom is 0.353 e. The highest BCUT2D eigenvalue weighted by atomic mass is 16.6. The standard InChI is InChI=1S/C12H21N5O3/c1-9(2)4-6-20-7-5-14-12-10(17(18)19)11(13-3)15-8-16-12/h8-9H,4-7H2,1-3H3,(H2,13,14,15,16). The van der Waals surface area contributed by atoms with Crippen LogP contribution in [0.25, 0.3) is 0 Å². The zero-order chi connectivity index (χ0) is 15.0. The molecule has 0 aliphatic carbocycles. The van der Waals surface area contributed by atoms with Crippen LogP contribution in [0.3, 0.4) is 0 Å². The zero-order valence-electron chi connectivity index (χ0n) is 12.0. The molecule has 1 heterocycles. The van der Waals surface area contributed by atoms with Gasteiger partial charge in [0.2, 0.25) is 11.6 Å². The van der Waals surface area contributed by atoms with Gasteiger partial charge in [0.1, 0.15) is 6.33 Å². The molecule has 0 aromatic carbocycles.